The Kier molecular flexibility index (Phi) is 4.41. The van der Waals surface area contributed by atoms with Crippen LogP contribution in [0.4, 0.5) is 11.5 Å². The van der Waals surface area contributed by atoms with Gasteiger partial charge in [-0.3, -0.25) is 0 Å². The maximum Gasteiger partial charge on any atom is 0.150 e. The highest BCUT2D eigenvalue weighted by Crippen LogP contribution is 2.18. The lowest BCUT2D eigenvalue weighted by Crippen LogP contribution is -2.07. The molecule has 0 unspecified atom stereocenters. The van der Waals surface area contributed by atoms with Crippen LogP contribution in [0, 0.1) is 0 Å². The molecule has 0 amide bonds. The highest BCUT2D eigenvalue weighted by molar-refractivity contribution is 6.29. The summed E-state index contributed by atoms with van der Waals surface area (Å²) < 4.78 is 2.06. The van der Waals surface area contributed by atoms with Gasteiger partial charge in [-0.05, 0) is 25.0 Å². The number of nitrogens with zero attached hydrogens (tertiary/aromatic N) is 3. The molecular formula is C12H16ClN5. The van der Waals surface area contributed by atoms with E-state index in [1.165, 1.54) is 0 Å². The van der Waals surface area contributed by atoms with Crippen molar-refractivity contribution >= 4 is 23.1 Å². The van der Waals surface area contributed by atoms with Crippen molar-refractivity contribution in [2.75, 3.05) is 17.6 Å². The lowest BCUT2D eigenvalue weighted by molar-refractivity contribution is 0.621. The number of halogens is 1. The molecule has 0 saturated heterocycles. The first-order valence-corrected chi connectivity index (χ1v) is 6.25. The lowest BCUT2D eigenvalue weighted by Gasteiger charge is -2.08. The largest absolute Gasteiger partial charge is 0.396 e. The molecule has 0 saturated carbocycles. The highest BCUT2D eigenvalue weighted by atomic mass is 35.5. The molecule has 5 nitrogen and oxygen atoms in total. The second-order valence-electron chi connectivity index (χ2n) is 4.01. The first-order chi connectivity index (χ1) is 8.75. The SMILES string of the molecule is Nc1ccc(Cl)nc1NCCCCn1ccnc1. The van der Waals surface area contributed by atoms with E-state index in [0.29, 0.717) is 16.7 Å². The standard InChI is InChI=1S/C12H16ClN5/c13-11-4-3-10(14)12(17-11)16-5-1-2-7-18-8-6-15-9-18/h3-4,6,8-9H,1-2,5,7,14H2,(H,16,17). The van der Waals surface area contributed by atoms with Crippen LogP contribution in [0.15, 0.2) is 30.9 Å². The van der Waals surface area contributed by atoms with Crippen LogP contribution < -0.4 is 11.1 Å². The van der Waals surface area contributed by atoms with Crippen molar-refractivity contribution in [1.29, 1.82) is 0 Å². The normalized spacial score (nSPS) is 10.5. The Morgan fingerprint density at radius 3 is 3.00 bits per heavy atom. The number of aromatic nitrogens is 3. The first-order valence-electron chi connectivity index (χ1n) is 5.87. The number of anilines is 2. The third-order valence-electron chi connectivity index (χ3n) is 2.59. The smallest absolute Gasteiger partial charge is 0.150 e. The van der Waals surface area contributed by atoms with E-state index < -0.39 is 0 Å². The van der Waals surface area contributed by atoms with Gasteiger partial charge >= 0.3 is 0 Å². The maximum absolute atomic E-state index is 5.81. The topological polar surface area (TPSA) is 68.8 Å². The number of rotatable bonds is 6. The van der Waals surface area contributed by atoms with Gasteiger partial charge in [0.15, 0.2) is 5.82 Å². The molecule has 0 aliphatic heterocycles. The molecule has 2 heterocycles. The number of imidazole rings is 1. The maximum atomic E-state index is 5.81. The summed E-state index contributed by atoms with van der Waals surface area (Å²) in [5.74, 6) is 0.658. The predicted octanol–water partition coefficient (Wildman–Crippen LogP) is 2.41. The molecular weight excluding hydrogens is 250 g/mol. The zero-order valence-electron chi connectivity index (χ0n) is 10.0. The number of unbranched alkanes of at least 4 members (excludes halogenated alkanes) is 1. The van der Waals surface area contributed by atoms with E-state index in [1.807, 2.05) is 12.5 Å². The summed E-state index contributed by atoms with van der Waals surface area (Å²) in [7, 11) is 0. The second-order valence-corrected chi connectivity index (χ2v) is 4.39. The van der Waals surface area contributed by atoms with Gasteiger partial charge in [-0.15, -0.1) is 0 Å². The number of pyridine rings is 1. The molecule has 0 bridgehead atoms. The van der Waals surface area contributed by atoms with Crippen molar-refractivity contribution in [3.05, 3.63) is 36.0 Å². The second kappa shape index (κ2) is 6.26. The molecule has 18 heavy (non-hydrogen) atoms. The molecule has 0 spiro atoms. The van der Waals surface area contributed by atoms with E-state index in [0.717, 1.165) is 25.9 Å². The Morgan fingerprint density at radius 2 is 2.22 bits per heavy atom. The predicted molar refractivity (Wildman–Crippen MR) is 73.6 cm³/mol. The van der Waals surface area contributed by atoms with Gasteiger partial charge in [0.05, 0.1) is 12.0 Å². The highest BCUT2D eigenvalue weighted by Gasteiger charge is 2.00. The molecule has 2 rings (SSSR count). The molecule has 0 aliphatic carbocycles. The third-order valence-corrected chi connectivity index (χ3v) is 2.80. The molecule has 6 heteroatoms. The van der Waals surface area contributed by atoms with Crippen molar-refractivity contribution in [3.63, 3.8) is 0 Å². The fourth-order valence-electron chi connectivity index (χ4n) is 1.63. The van der Waals surface area contributed by atoms with Gasteiger partial charge in [0, 0.05) is 25.5 Å². The van der Waals surface area contributed by atoms with Crippen LogP contribution in [-0.2, 0) is 6.54 Å². The Morgan fingerprint density at radius 1 is 1.33 bits per heavy atom. The minimum atomic E-state index is 0.449. The van der Waals surface area contributed by atoms with Gasteiger partial charge < -0.3 is 15.6 Å². The molecule has 2 aromatic rings. The summed E-state index contributed by atoms with van der Waals surface area (Å²) in [6.45, 7) is 1.80. The molecule has 3 N–H and O–H groups in total. The zero-order chi connectivity index (χ0) is 12.8. The van der Waals surface area contributed by atoms with Gasteiger partial charge in [-0.1, -0.05) is 11.6 Å². The summed E-state index contributed by atoms with van der Waals surface area (Å²) in [4.78, 5) is 8.13. The average molecular weight is 266 g/mol. The molecule has 0 atom stereocenters. The number of nitrogens with two attached hydrogens (primary N) is 1. The fourth-order valence-corrected chi connectivity index (χ4v) is 1.78. The minimum absolute atomic E-state index is 0.449. The van der Waals surface area contributed by atoms with E-state index in [4.69, 9.17) is 17.3 Å². The summed E-state index contributed by atoms with van der Waals surface area (Å²) in [5.41, 5.74) is 6.40. The van der Waals surface area contributed by atoms with Crippen LogP contribution in [-0.4, -0.2) is 21.1 Å². The zero-order valence-corrected chi connectivity index (χ0v) is 10.8. The molecule has 2 aromatic heterocycles. The van der Waals surface area contributed by atoms with Gasteiger partial charge in [0.1, 0.15) is 5.15 Å². The van der Waals surface area contributed by atoms with Gasteiger partial charge in [0.25, 0.3) is 0 Å². The summed E-state index contributed by atoms with van der Waals surface area (Å²) in [6, 6.07) is 3.43. The molecule has 0 fully saturated rings. The van der Waals surface area contributed by atoms with Gasteiger partial charge in [-0.25, -0.2) is 9.97 Å². The number of hydrogen-bond donors (Lipinski definition) is 2. The number of nitrogen functional groups attached to an aromatic ring is 1. The summed E-state index contributed by atoms with van der Waals surface area (Å²) >= 11 is 5.81. The molecule has 0 aliphatic rings. The van der Waals surface area contributed by atoms with Crippen LogP contribution in [0.1, 0.15) is 12.8 Å². The minimum Gasteiger partial charge on any atom is -0.396 e. The third kappa shape index (κ3) is 3.63. The number of hydrogen-bond acceptors (Lipinski definition) is 4. The van der Waals surface area contributed by atoms with E-state index in [-0.39, 0.29) is 0 Å². The van der Waals surface area contributed by atoms with E-state index in [2.05, 4.69) is 19.9 Å². The van der Waals surface area contributed by atoms with E-state index >= 15 is 0 Å². The van der Waals surface area contributed by atoms with E-state index in [1.54, 1.807) is 18.3 Å². The van der Waals surface area contributed by atoms with Crippen molar-refractivity contribution in [2.24, 2.45) is 0 Å². The number of nitrogens with one attached hydrogen (secondary N) is 1. The Balaban J connectivity index is 1.70. The van der Waals surface area contributed by atoms with Crippen LogP contribution in [0.2, 0.25) is 5.15 Å². The van der Waals surface area contributed by atoms with Crippen LogP contribution >= 0.6 is 11.6 Å². The van der Waals surface area contributed by atoms with E-state index in [9.17, 15) is 0 Å². The van der Waals surface area contributed by atoms with Gasteiger partial charge in [0.2, 0.25) is 0 Å². The summed E-state index contributed by atoms with van der Waals surface area (Å²) in [6.07, 6.45) is 7.68. The van der Waals surface area contributed by atoms with Crippen LogP contribution in [0.3, 0.4) is 0 Å². The quantitative estimate of drug-likeness (QED) is 0.622. The number of aryl methyl sites for hydroxylation is 1. The van der Waals surface area contributed by atoms with Crippen LogP contribution in [0.25, 0.3) is 0 Å². The first kappa shape index (κ1) is 12.7. The van der Waals surface area contributed by atoms with Crippen LogP contribution in [0.5, 0.6) is 0 Å². The molecule has 0 aromatic carbocycles. The Labute approximate surface area is 111 Å². The Hall–Kier alpha value is -1.75. The monoisotopic (exact) mass is 265 g/mol. The van der Waals surface area contributed by atoms with Crippen molar-refractivity contribution in [1.82, 2.24) is 14.5 Å². The van der Waals surface area contributed by atoms with Crippen molar-refractivity contribution in [2.45, 2.75) is 19.4 Å². The molecule has 0 radical (unpaired) electrons. The van der Waals surface area contributed by atoms with Crippen molar-refractivity contribution in [3.8, 4) is 0 Å². The average Bonchev–Trinajstić information content (AvgIpc) is 2.86. The van der Waals surface area contributed by atoms with Gasteiger partial charge in [-0.2, -0.15) is 0 Å². The van der Waals surface area contributed by atoms with Crippen molar-refractivity contribution < 1.29 is 0 Å². The lowest BCUT2D eigenvalue weighted by atomic mass is 10.3. The summed E-state index contributed by atoms with van der Waals surface area (Å²) in [5, 5.41) is 3.64. The fraction of sp³-hybridized carbons (Fsp3) is 0.333. The molecule has 96 valence electrons. The Bertz CT molecular complexity index is 483.